The molecule has 12 heteroatoms. The second-order valence-electron chi connectivity index (χ2n) is 9.24. The standard InChI is InChI=1S/C30H22FN3O6S2/c1-2-39-22-14-18(9-12-20(22)35)25-24(26(36)23-13-17-5-3-4-6-21(17)40-23)27(37)28(38)34(25)29-32-33-30(42-29)41-15-16-7-10-19(31)11-8-16/h3-14,25,35,37H,2,15H2,1H3. The van der Waals surface area contributed by atoms with Gasteiger partial charge in [0.2, 0.25) is 10.9 Å². The van der Waals surface area contributed by atoms with Gasteiger partial charge in [0.1, 0.15) is 11.4 Å². The van der Waals surface area contributed by atoms with Crippen molar-refractivity contribution in [2.45, 2.75) is 23.1 Å². The van der Waals surface area contributed by atoms with Crippen LogP contribution in [0.4, 0.5) is 9.52 Å². The van der Waals surface area contributed by atoms with Gasteiger partial charge in [0.15, 0.2) is 27.4 Å². The number of aliphatic hydroxyl groups excluding tert-OH is 1. The van der Waals surface area contributed by atoms with Gasteiger partial charge < -0.3 is 19.4 Å². The number of rotatable bonds is 9. The largest absolute Gasteiger partial charge is 0.504 e. The topological polar surface area (TPSA) is 126 Å². The zero-order valence-electron chi connectivity index (χ0n) is 22.0. The number of hydrogen-bond acceptors (Lipinski definition) is 10. The van der Waals surface area contributed by atoms with Crippen LogP contribution in [0.2, 0.25) is 0 Å². The van der Waals surface area contributed by atoms with E-state index < -0.39 is 23.5 Å². The molecule has 1 amide bonds. The Bertz CT molecular complexity index is 1820. The highest BCUT2D eigenvalue weighted by Gasteiger charge is 2.47. The highest BCUT2D eigenvalue weighted by Crippen LogP contribution is 2.45. The first-order chi connectivity index (χ1) is 20.3. The number of phenolic OH excluding ortho intramolecular Hbond substituents is 1. The minimum atomic E-state index is -1.12. The number of phenols is 1. The molecule has 1 unspecified atom stereocenters. The Morgan fingerprint density at radius 1 is 1.10 bits per heavy atom. The maximum absolute atomic E-state index is 13.9. The van der Waals surface area contributed by atoms with E-state index in [0.29, 0.717) is 26.6 Å². The fourth-order valence-corrected chi connectivity index (χ4v) is 6.46. The summed E-state index contributed by atoms with van der Waals surface area (Å²) in [5, 5.41) is 30.6. The molecule has 9 nitrogen and oxygen atoms in total. The molecule has 0 saturated heterocycles. The molecule has 212 valence electrons. The number of furan rings is 1. The average molecular weight is 604 g/mol. The number of hydrogen-bond donors (Lipinski definition) is 2. The van der Waals surface area contributed by atoms with Crippen LogP contribution in [-0.4, -0.2) is 38.7 Å². The number of ether oxygens (including phenoxy) is 1. The average Bonchev–Trinajstić information content (AvgIpc) is 3.70. The number of thioether (sulfide) groups is 1. The predicted octanol–water partition coefficient (Wildman–Crippen LogP) is 6.60. The summed E-state index contributed by atoms with van der Waals surface area (Å²) in [6.45, 7) is 2.02. The van der Waals surface area contributed by atoms with Gasteiger partial charge in [-0.3, -0.25) is 14.5 Å². The van der Waals surface area contributed by atoms with Crippen LogP contribution in [0, 0.1) is 5.82 Å². The normalized spacial score (nSPS) is 15.1. The summed E-state index contributed by atoms with van der Waals surface area (Å²) in [5.41, 5.74) is 1.54. The third-order valence-electron chi connectivity index (χ3n) is 6.58. The number of benzene rings is 3. The van der Waals surface area contributed by atoms with Crippen LogP contribution < -0.4 is 9.64 Å². The second-order valence-corrected chi connectivity index (χ2v) is 11.4. The van der Waals surface area contributed by atoms with Gasteiger partial charge >= 0.3 is 0 Å². The molecule has 0 bridgehead atoms. The summed E-state index contributed by atoms with van der Waals surface area (Å²) < 4.78 is 25.1. The molecule has 2 aromatic heterocycles. The van der Waals surface area contributed by atoms with E-state index in [1.54, 1.807) is 55.5 Å². The van der Waals surface area contributed by atoms with Crippen LogP contribution in [0.25, 0.3) is 11.0 Å². The Morgan fingerprint density at radius 3 is 2.64 bits per heavy atom. The van der Waals surface area contributed by atoms with E-state index in [2.05, 4.69) is 10.2 Å². The van der Waals surface area contributed by atoms with Gasteiger partial charge in [-0.1, -0.05) is 59.5 Å². The molecule has 0 saturated carbocycles. The number of aliphatic hydroxyl groups is 1. The second kappa shape index (κ2) is 11.3. The van der Waals surface area contributed by atoms with Gasteiger partial charge in [0.25, 0.3) is 5.91 Å². The number of anilines is 1. The summed E-state index contributed by atoms with van der Waals surface area (Å²) in [6, 6.07) is 18.0. The highest BCUT2D eigenvalue weighted by atomic mass is 32.2. The number of Topliss-reactive ketones (excluding diaryl/α,β-unsaturated/α-hetero) is 1. The molecule has 3 heterocycles. The van der Waals surface area contributed by atoms with Crippen LogP contribution in [0.5, 0.6) is 11.5 Å². The molecule has 3 aromatic carbocycles. The minimum absolute atomic E-state index is 0.0472. The highest BCUT2D eigenvalue weighted by molar-refractivity contribution is 8.00. The lowest BCUT2D eigenvalue weighted by atomic mass is 9.95. The summed E-state index contributed by atoms with van der Waals surface area (Å²) >= 11 is 2.46. The van der Waals surface area contributed by atoms with E-state index in [9.17, 15) is 24.2 Å². The van der Waals surface area contributed by atoms with Crippen molar-refractivity contribution >= 4 is 50.9 Å². The van der Waals surface area contributed by atoms with E-state index in [1.165, 1.54) is 40.9 Å². The van der Waals surface area contributed by atoms with E-state index in [-0.39, 0.29) is 40.4 Å². The number of carbonyl (C=O) groups excluding carboxylic acids is 2. The SMILES string of the molecule is CCOc1cc(C2C(C(=O)c3cc4ccccc4o3)=C(O)C(=O)N2c2nnc(SCc3ccc(F)cc3)s2)ccc1O. The van der Waals surface area contributed by atoms with Gasteiger partial charge in [-0.2, -0.15) is 0 Å². The molecule has 1 aliphatic heterocycles. The predicted molar refractivity (Wildman–Crippen MR) is 156 cm³/mol. The van der Waals surface area contributed by atoms with Crippen molar-refractivity contribution in [3.05, 3.63) is 107 Å². The third-order valence-corrected chi connectivity index (χ3v) is 8.71. The van der Waals surface area contributed by atoms with Crippen molar-refractivity contribution in [1.29, 1.82) is 0 Å². The van der Waals surface area contributed by atoms with E-state index >= 15 is 0 Å². The molecule has 1 aliphatic rings. The van der Waals surface area contributed by atoms with Crippen LogP contribution in [0.15, 0.2) is 92.9 Å². The number of ketones is 1. The van der Waals surface area contributed by atoms with E-state index in [1.807, 2.05) is 0 Å². The molecular weight excluding hydrogens is 581 g/mol. The smallest absolute Gasteiger partial charge is 0.296 e. The molecule has 42 heavy (non-hydrogen) atoms. The zero-order valence-corrected chi connectivity index (χ0v) is 23.6. The fraction of sp³-hybridized carbons (Fsp3) is 0.133. The molecule has 2 N–H and O–H groups in total. The molecule has 5 aromatic rings. The molecule has 0 radical (unpaired) electrons. The lowest BCUT2D eigenvalue weighted by Gasteiger charge is -2.24. The summed E-state index contributed by atoms with van der Waals surface area (Å²) in [4.78, 5) is 28.6. The Hall–Kier alpha value is -4.68. The quantitative estimate of drug-likeness (QED) is 0.109. The van der Waals surface area contributed by atoms with Crippen molar-refractivity contribution in [3.8, 4) is 11.5 Å². The molecule has 6 rings (SSSR count). The molecule has 1 atom stereocenters. The lowest BCUT2D eigenvalue weighted by molar-refractivity contribution is -0.117. The van der Waals surface area contributed by atoms with Crippen molar-refractivity contribution in [3.63, 3.8) is 0 Å². The van der Waals surface area contributed by atoms with E-state index in [4.69, 9.17) is 9.15 Å². The van der Waals surface area contributed by atoms with E-state index in [0.717, 1.165) is 16.9 Å². The number of aromatic hydroxyl groups is 1. The van der Waals surface area contributed by atoms with Crippen molar-refractivity contribution in [1.82, 2.24) is 10.2 Å². The lowest BCUT2D eigenvalue weighted by Crippen LogP contribution is -2.31. The monoisotopic (exact) mass is 603 g/mol. The maximum Gasteiger partial charge on any atom is 0.296 e. The van der Waals surface area contributed by atoms with Crippen LogP contribution in [0.1, 0.15) is 34.6 Å². The Balaban J connectivity index is 1.39. The zero-order chi connectivity index (χ0) is 29.4. The summed E-state index contributed by atoms with van der Waals surface area (Å²) in [7, 11) is 0. The Morgan fingerprint density at radius 2 is 1.88 bits per heavy atom. The minimum Gasteiger partial charge on any atom is -0.504 e. The third kappa shape index (κ3) is 5.10. The number of aromatic nitrogens is 2. The molecular formula is C30H22FN3O6S2. The maximum atomic E-state index is 13.9. The van der Waals surface area contributed by atoms with Gasteiger partial charge in [0.05, 0.1) is 18.2 Å². The number of halogens is 1. The van der Waals surface area contributed by atoms with Crippen molar-refractivity contribution in [2.24, 2.45) is 0 Å². The molecule has 0 fully saturated rings. The molecule has 0 spiro atoms. The van der Waals surface area contributed by atoms with Gasteiger partial charge in [-0.05, 0) is 54.4 Å². The van der Waals surface area contributed by atoms with Crippen LogP contribution >= 0.6 is 23.1 Å². The Kier molecular flexibility index (Phi) is 7.40. The summed E-state index contributed by atoms with van der Waals surface area (Å²) in [5.74, 6) is -2.12. The van der Waals surface area contributed by atoms with Gasteiger partial charge in [-0.25, -0.2) is 4.39 Å². The van der Waals surface area contributed by atoms with Gasteiger partial charge in [-0.15, -0.1) is 10.2 Å². The number of carbonyl (C=O) groups is 2. The van der Waals surface area contributed by atoms with Crippen LogP contribution in [0.3, 0.4) is 0 Å². The first-order valence-corrected chi connectivity index (χ1v) is 14.6. The number of para-hydroxylation sites is 1. The first kappa shape index (κ1) is 27.5. The molecule has 0 aliphatic carbocycles. The number of fused-ring (bicyclic) bond motifs is 1. The van der Waals surface area contributed by atoms with Crippen molar-refractivity contribution < 1.29 is 33.3 Å². The van der Waals surface area contributed by atoms with Gasteiger partial charge in [0, 0.05) is 11.1 Å². The first-order valence-electron chi connectivity index (χ1n) is 12.8. The Labute approximate surface area is 246 Å². The fourth-order valence-electron chi connectivity index (χ4n) is 4.63. The number of amides is 1. The van der Waals surface area contributed by atoms with Crippen molar-refractivity contribution in [2.75, 3.05) is 11.5 Å². The van der Waals surface area contributed by atoms with Crippen LogP contribution in [-0.2, 0) is 10.5 Å². The summed E-state index contributed by atoms with van der Waals surface area (Å²) in [6.07, 6.45) is 0. The number of nitrogens with zero attached hydrogens (tertiary/aromatic N) is 3.